The highest BCUT2D eigenvalue weighted by molar-refractivity contribution is 9.10. The molecule has 1 aliphatic rings. The number of hydrogen-bond donors (Lipinski definition) is 1. The number of aryl methyl sites for hydroxylation is 1. The molecule has 17 heavy (non-hydrogen) atoms. The van der Waals surface area contributed by atoms with Crippen LogP contribution in [0.5, 0.6) is 5.75 Å². The SMILES string of the molecule is COc1ccc(C)cc1C1C(=O)NC(=O)C1Br. The second-order valence-corrected chi connectivity index (χ2v) is 4.96. The Morgan fingerprint density at radius 3 is 2.53 bits per heavy atom. The minimum absolute atomic E-state index is 0.291. The van der Waals surface area contributed by atoms with Crippen molar-refractivity contribution in [3.63, 3.8) is 0 Å². The smallest absolute Gasteiger partial charge is 0.241 e. The lowest BCUT2D eigenvalue weighted by Crippen LogP contribution is -2.22. The first-order valence-corrected chi connectivity index (χ1v) is 6.09. The number of nitrogens with one attached hydrogen (secondary N) is 1. The summed E-state index contributed by atoms with van der Waals surface area (Å²) in [5, 5.41) is 2.31. The Morgan fingerprint density at radius 1 is 1.29 bits per heavy atom. The summed E-state index contributed by atoms with van der Waals surface area (Å²) in [6.07, 6.45) is 0. The van der Waals surface area contributed by atoms with Gasteiger partial charge in [0, 0.05) is 5.56 Å². The van der Waals surface area contributed by atoms with E-state index in [1.54, 1.807) is 13.2 Å². The Kier molecular flexibility index (Phi) is 3.19. The van der Waals surface area contributed by atoms with Crippen molar-refractivity contribution < 1.29 is 14.3 Å². The van der Waals surface area contributed by atoms with Gasteiger partial charge in [-0.15, -0.1) is 0 Å². The molecular formula is C12H12BrNO3. The molecular weight excluding hydrogens is 286 g/mol. The molecule has 2 rings (SSSR count). The summed E-state index contributed by atoms with van der Waals surface area (Å²) >= 11 is 3.25. The predicted molar refractivity (Wildman–Crippen MR) is 66.3 cm³/mol. The fraction of sp³-hybridized carbons (Fsp3) is 0.333. The van der Waals surface area contributed by atoms with Gasteiger partial charge in [0.05, 0.1) is 13.0 Å². The minimum atomic E-state index is -0.536. The number of carbonyl (C=O) groups is 2. The van der Waals surface area contributed by atoms with E-state index in [0.717, 1.165) is 11.1 Å². The summed E-state index contributed by atoms with van der Waals surface area (Å²) < 4.78 is 5.23. The van der Waals surface area contributed by atoms with Crippen LogP contribution >= 0.6 is 15.9 Å². The maximum absolute atomic E-state index is 11.8. The van der Waals surface area contributed by atoms with E-state index in [4.69, 9.17) is 4.74 Å². The molecule has 1 aromatic carbocycles. The Bertz CT molecular complexity index is 487. The lowest BCUT2D eigenvalue weighted by Gasteiger charge is -2.15. The van der Waals surface area contributed by atoms with E-state index >= 15 is 0 Å². The molecule has 90 valence electrons. The number of rotatable bonds is 2. The van der Waals surface area contributed by atoms with Crippen LogP contribution in [-0.4, -0.2) is 23.8 Å². The molecule has 0 aliphatic carbocycles. The van der Waals surface area contributed by atoms with E-state index < -0.39 is 10.7 Å². The fourth-order valence-corrected chi connectivity index (χ4v) is 2.59. The minimum Gasteiger partial charge on any atom is -0.496 e. The number of methoxy groups -OCH3 is 1. The third-order valence-electron chi connectivity index (χ3n) is 2.79. The molecule has 0 radical (unpaired) electrons. The van der Waals surface area contributed by atoms with Gasteiger partial charge in [0.15, 0.2) is 0 Å². The highest BCUT2D eigenvalue weighted by Gasteiger charge is 2.42. The summed E-state index contributed by atoms with van der Waals surface area (Å²) in [6, 6.07) is 5.58. The zero-order chi connectivity index (χ0) is 12.6. The van der Waals surface area contributed by atoms with E-state index in [0.29, 0.717) is 5.75 Å². The van der Waals surface area contributed by atoms with Gasteiger partial charge >= 0.3 is 0 Å². The topological polar surface area (TPSA) is 55.4 Å². The van der Waals surface area contributed by atoms with Crippen molar-refractivity contribution in [2.75, 3.05) is 7.11 Å². The van der Waals surface area contributed by atoms with Gasteiger partial charge in [-0.3, -0.25) is 14.9 Å². The van der Waals surface area contributed by atoms with Crippen LogP contribution in [0.15, 0.2) is 18.2 Å². The van der Waals surface area contributed by atoms with Gasteiger partial charge in [0.25, 0.3) is 0 Å². The van der Waals surface area contributed by atoms with Gasteiger partial charge in [0.1, 0.15) is 10.6 Å². The van der Waals surface area contributed by atoms with E-state index in [1.807, 2.05) is 19.1 Å². The Labute approximate surface area is 107 Å². The molecule has 2 unspecified atom stereocenters. The maximum atomic E-state index is 11.8. The van der Waals surface area contributed by atoms with Gasteiger partial charge in [-0.05, 0) is 13.0 Å². The van der Waals surface area contributed by atoms with Crippen LogP contribution in [0.1, 0.15) is 17.0 Å². The number of alkyl halides is 1. The Hall–Kier alpha value is -1.36. The molecule has 1 fully saturated rings. The highest BCUT2D eigenvalue weighted by atomic mass is 79.9. The summed E-state index contributed by atoms with van der Waals surface area (Å²) in [4.78, 5) is 22.7. The lowest BCUT2D eigenvalue weighted by atomic mass is 9.95. The number of imide groups is 1. The molecule has 5 heteroatoms. The van der Waals surface area contributed by atoms with Crippen molar-refractivity contribution in [3.8, 4) is 5.75 Å². The quantitative estimate of drug-likeness (QED) is 0.665. The molecule has 0 aromatic heterocycles. The zero-order valence-electron chi connectivity index (χ0n) is 9.49. The molecule has 1 heterocycles. The van der Waals surface area contributed by atoms with Crippen LogP contribution in [0.4, 0.5) is 0 Å². The first-order chi connectivity index (χ1) is 8.04. The van der Waals surface area contributed by atoms with E-state index in [1.165, 1.54) is 0 Å². The first kappa shape index (κ1) is 12.1. The molecule has 1 aromatic rings. The standard InChI is InChI=1S/C12H12BrNO3/c1-6-3-4-8(17-2)7(5-6)9-10(13)12(16)14-11(9)15/h3-5,9-10H,1-2H3,(H,14,15,16). The Balaban J connectivity index is 2.49. The van der Waals surface area contributed by atoms with Gasteiger partial charge in [-0.2, -0.15) is 0 Å². The normalized spacial score (nSPS) is 23.7. The van der Waals surface area contributed by atoms with Gasteiger partial charge in [-0.25, -0.2) is 0 Å². The molecule has 0 bridgehead atoms. The van der Waals surface area contributed by atoms with Crippen molar-refractivity contribution in [3.05, 3.63) is 29.3 Å². The fourth-order valence-electron chi connectivity index (χ4n) is 1.95. The summed E-state index contributed by atoms with van der Waals surface area (Å²) in [6.45, 7) is 1.93. The molecule has 0 saturated carbocycles. The van der Waals surface area contributed by atoms with Crippen molar-refractivity contribution in [2.24, 2.45) is 0 Å². The van der Waals surface area contributed by atoms with Gasteiger partial charge in [0.2, 0.25) is 11.8 Å². The highest BCUT2D eigenvalue weighted by Crippen LogP contribution is 2.36. The van der Waals surface area contributed by atoms with Crippen LogP contribution in [0, 0.1) is 6.92 Å². The molecule has 4 nitrogen and oxygen atoms in total. The zero-order valence-corrected chi connectivity index (χ0v) is 11.1. The summed E-state index contributed by atoms with van der Waals surface area (Å²) in [7, 11) is 1.55. The van der Waals surface area contributed by atoms with Crippen LogP contribution in [-0.2, 0) is 9.59 Å². The van der Waals surface area contributed by atoms with Gasteiger partial charge in [-0.1, -0.05) is 33.6 Å². The van der Waals surface area contributed by atoms with Crippen LogP contribution in [0.25, 0.3) is 0 Å². The van der Waals surface area contributed by atoms with Crippen LogP contribution in [0.2, 0.25) is 0 Å². The first-order valence-electron chi connectivity index (χ1n) is 5.18. The van der Waals surface area contributed by atoms with Crippen LogP contribution < -0.4 is 10.1 Å². The van der Waals surface area contributed by atoms with Gasteiger partial charge < -0.3 is 4.74 Å². The average molecular weight is 298 g/mol. The van der Waals surface area contributed by atoms with E-state index in [-0.39, 0.29) is 11.8 Å². The number of hydrogen-bond acceptors (Lipinski definition) is 3. The van der Waals surface area contributed by atoms with Crippen LogP contribution in [0.3, 0.4) is 0 Å². The summed E-state index contributed by atoms with van der Waals surface area (Å²) in [5.74, 6) is -0.503. The molecule has 0 spiro atoms. The van der Waals surface area contributed by atoms with Crippen molar-refractivity contribution in [1.82, 2.24) is 5.32 Å². The predicted octanol–water partition coefficient (Wildman–Crippen LogP) is 1.51. The summed E-state index contributed by atoms with van der Waals surface area (Å²) in [5.41, 5.74) is 1.75. The molecule has 1 saturated heterocycles. The molecule has 2 amide bonds. The van der Waals surface area contributed by atoms with Crippen molar-refractivity contribution in [1.29, 1.82) is 0 Å². The molecule has 1 N–H and O–H groups in total. The largest absolute Gasteiger partial charge is 0.496 e. The number of carbonyl (C=O) groups excluding carboxylic acids is 2. The van der Waals surface area contributed by atoms with Crippen molar-refractivity contribution in [2.45, 2.75) is 17.7 Å². The second-order valence-electron chi connectivity index (χ2n) is 3.98. The number of ether oxygens (including phenoxy) is 1. The molecule has 1 aliphatic heterocycles. The maximum Gasteiger partial charge on any atom is 0.241 e. The number of benzene rings is 1. The third-order valence-corrected chi connectivity index (χ3v) is 3.74. The van der Waals surface area contributed by atoms with E-state index in [2.05, 4.69) is 21.2 Å². The van der Waals surface area contributed by atoms with E-state index in [9.17, 15) is 9.59 Å². The number of halogens is 1. The molecule has 2 atom stereocenters. The number of amides is 2. The van der Waals surface area contributed by atoms with Crippen molar-refractivity contribution >= 4 is 27.7 Å². The third kappa shape index (κ3) is 2.07. The lowest BCUT2D eigenvalue weighted by molar-refractivity contribution is -0.125. The average Bonchev–Trinajstić information content (AvgIpc) is 2.53. The Morgan fingerprint density at radius 2 is 2.00 bits per heavy atom. The second kappa shape index (κ2) is 4.49. The monoisotopic (exact) mass is 297 g/mol.